The Hall–Kier alpha value is -1.30. The smallest absolute Gasteiger partial charge is 0.325 e. The van der Waals surface area contributed by atoms with Crippen LogP contribution in [0.1, 0.15) is 6.92 Å². The highest BCUT2D eigenvalue weighted by atomic mass is 16.5. The molecule has 0 spiro atoms. The molecule has 0 aromatic heterocycles. The average molecular weight is 190 g/mol. The SMILES string of the molecule is CCOC(=O)CNC(=O)NCCO. The van der Waals surface area contributed by atoms with Crippen molar-refractivity contribution in [1.82, 2.24) is 10.6 Å². The van der Waals surface area contributed by atoms with Crippen LogP contribution in [0.4, 0.5) is 4.79 Å². The summed E-state index contributed by atoms with van der Waals surface area (Å²) in [7, 11) is 0. The molecule has 76 valence electrons. The van der Waals surface area contributed by atoms with E-state index in [4.69, 9.17) is 5.11 Å². The lowest BCUT2D eigenvalue weighted by molar-refractivity contribution is -0.141. The summed E-state index contributed by atoms with van der Waals surface area (Å²) in [6.45, 7) is 1.84. The molecule has 0 aromatic carbocycles. The second kappa shape index (κ2) is 7.35. The van der Waals surface area contributed by atoms with E-state index in [9.17, 15) is 9.59 Å². The van der Waals surface area contributed by atoms with Crippen LogP contribution in [0.5, 0.6) is 0 Å². The predicted octanol–water partition coefficient (Wildman–Crippen LogP) is -1.16. The maximum atomic E-state index is 10.8. The summed E-state index contributed by atoms with van der Waals surface area (Å²) in [5, 5.41) is 12.9. The Morgan fingerprint density at radius 1 is 1.38 bits per heavy atom. The van der Waals surface area contributed by atoms with Gasteiger partial charge in [0.2, 0.25) is 0 Å². The van der Waals surface area contributed by atoms with Crippen LogP contribution in [0.25, 0.3) is 0 Å². The maximum Gasteiger partial charge on any atom is 0.325 e. The number of aliphatic hydroxyl groups is 1. The van der Waals surface area contributed by atoms with Crippen molar-refractivity contribution in [3.63, 3.8) is 0 Å². The molecule has 6 nitrogen and oxygen atoms in total. The fraction of sp³-hybridized carbons (Fsp3) is 0.714. The minimum Gasteiger partial charge on any atom is -0.465 e. The highest BCUT2D eigenvalue weighted by Gasteiger charge is 2.03. The van der Waals surface area contributed by atoms with Gasteiger partial charge in [-0.15, -0.1) is 0 Å². The summed E-state index contributed by atoms with van der Waals surface area (Å²) < 4.78 is 4.57. The van der Waals surface area contributed by atoms with Gasteiger partial charge in [-0.25, -0.2) is 4.79 Å². The van der Waals surface area contributed by atoms with E-state index in [0.29, 0.717) is 6.61 Å². The lowest BCUT2D eigenvalue weighted by atomic mass is 10.6. The third-order valence-electron chi connectivity index (χ3n) is 1.10. The van der Waals surface area contributed by atoms with Crippen LogP contribution < -0.4 is 10.6 Å². The monoisotopic (exact) mass is 190 g/mol. The Balaban J connectivity index is 3.40. The molecule has 2 amide bonds. The van der Waals surface area contributed by atoms with Crippen LogP contribution in [0.2, 0.25) is 0 Å². The van der Waals surface area contributed by atoms with Crippen molar-refractivity contribution in [2.24, 2.45) is 0 Å². The van der Waals surface area contributed by atoms with Crippen LogP contribution >= 0.6 is 0 Å². The zero-order valence-electron chi connectivity index (χ0n) is 7.50. The fourth-order valence-electron chi connectivity index (χ4n) is 0.596. The lowest BCUT2D eigenvalue weighted by Gasteiger charge is -2.05. The standard InChI is InChI=1S/C7H14N2O4/c1-2-13-6(11)5-9-7(12)8-3-4-10/h10H,2-5H2,1H3,(H2,8,9,12). The number of esters is 1. The van der Waals surface area contributed by atoms with Gasteiger partial charge < -0.3 is 20.5 Å². The molecular weight excluding hydrogens is 176 g/mol. The summed E-state index contributed by atoms with van der Waals surface area (Å²) in [6.07, 6.45) is 0. The number of aliphatic hydroxyl groups excluding tert-OH is 1. The Bertz CT molecular complexity index is 172. The molecule has 0 radical (unpaired) electrons. The number of carbonyl (C=O) groups is 2. The van der Waals surface area contributed by atoms with E-state index in [2.05, 4.69) is 15.4 Å². The van der Waals surface area contributed by atoms with Crippen LogP contribution in [0, 0.1) is 0 Å². The van der Waals surface area contributed by atoms with Crippen molar-refractivity contribution in [1.29, 1.82) is 0 Å². The van der Waals surface area contributed by atoms with Gasteiger partial charge in [0.1, 0.15) is 6.54 Å². The van der Waals surface area contributed by atoms with Crippen molar-refractivity contribution in [2.75, 3.05) is 26.3 Å². The summed E-state index contributed by atoms with van der Waals surface area (Å²) in [6, 6.07) is -0.498. The van der Waals surface area contributed by atoms with E-state index in [-0.39, 0.29) is 19.7 Å². The molecule has 0 aromatic rings. The second-order valence-corrected chi connectivity index (χ2v) is 2.14. The molecule has 0 aliphatic carbocycles. The number of nitrogens with one attached hydrogen (secondary N) is 2. The molecule has 0 atom stereocenters. The Morgan fingerprint density at radius 3 is 2.62 bits per heavy atom. The number of rotatable bonds is 5. The predicted molar refractivity (Wildman–Crippen MR) is 45.1 cm³/mol. The molecule has 6 heteroatoms. The van der Waals surface area contributed by atoms with Crippen LogP contribution in [-0.2, 0) is 9.53 Å². The van der Waals surface area contributed by atoms with E-state index in [0.717, 1.165) is 0 Å². The Labute approximate surface area is 76.3 Å². The summed E-state index contributed by atoms with van der Waals surface area (Å²) in [5.74, 6) is -0.485. The highest BCUT2D eigenvalue weighted by Crippen LogP contribution is 1.75. The molecule has 0 aliphatic rings. The topological polar surface area (TPSA) is 87.7 Å². The number of hydrogen-bond donors (Lipinski definition) is 3. The van der Waals surface area contributed by atoms with Crippen molar-refractivity contribution < 1.29 is 19.4 Å². The minimum atomic E-state index is -0.498. The quantitative estimate of drug-likeness (QED) is 0.477. The van der Waals surface area contributed by atoms with Gasteiger partial charge in [0, 0.05) is 6.54 Å². The normalized spacial score (nSPS) is 9.08. The molecule has 0 unspecified atom stereocenters. The fourth-order valence-corrected chi connectivity index (χ4v) is 0.596. The first kappa shape index (κ1) is 11.7. The zero-order valence-corrected chi connectivity index (χ0v) is 7.50. The zero-order chi connectivity index (χ0) is 10.1. The van der Waals surface area contributed by atoms with Crippen LogP contribution in [0.3, 0.4) is 0 Å². The van der Waals surface area contributed by atoms with E-state index in [1.165, 1.54) is 0 Å². The lowest BCUT2D eigenvalue weighted by Crippen LogP contribution is -2.40. The molecular formula is C7H14N2O4. The number of amides is 2. The molecule has 3 N–H and O–H groups in total. The first-order valence-electron chi connectivity index (χ1n) is 3.99. The minimum absolute atomic E-state index is 0.132. The summed E-state index contributed by atoms with van der Waals surface area (Å²) in [5.41, 5.74) is 0. The first-order chi connectivity index (χ1) is 6.20. The van der Waals surface area contributed by atoms with Crippen molar-refractivity contribution in [2.45, 2.75) is 6.92 Å². The molecule has 0 saturated heterocycles. The van der Waals surface area contributed by atoms with Gasteiger partial charge in [-0.05, 0) is 6.92 Å². The van der Waals surface area contributed by atoms with E-state index < -0.39 is 12.0 Å². The van der Waals surface area contributed by atoms with Gasteiger partial charge in [-0.3, -0.25) is 4.79 Å². The number of hydrogen-bond acceptors (Lipinski definition) is 4. The largest absolute Gasteiger partial charge is 0.465 e. The number of urea groups is 1. The molecule has 0 fully saturated rings. The van der Waals surface area contributed by atoms with E-state index in [1.54, 1.807) is 6.92 Å². The van der Waals surface area contributed by atoms with Gasteiger partial charge >= 0.3 is 12.0 Å². The van der Waals surface area contributed by atoms with E-state index in [1.807, 2.05) is 0 Å². The number of carbonyl (C=O) groups excluding carboxylic acids is 2. The Kier molecular flexibility index (Phi) is 6.62. The molecule has 13 heavy (non-hydrogen) atoms. The van der Waals surface area contributed by atoms with Crippen LogP contribution in [-0.4, -0.2) is 43.4 Å². The van der Waals surface area contributed by atoms with Crippen molar-refractivity contribution in [3.05, 3.63) is 0 Å². The second-order valence-electron chi connectivity index (χ2n) is 2.14. The van der Waals surface area contributed by atoms with Gasteiger partial charge in [0.25, 0.3) is 0 Å². The molecule has 0 heterocycles. The van der Waals surface area contributed by atoms with Crippen molar-refractivity contribution in [3.8, 4) is 0 Å². The average Bonchev–Trinajstić information content (AvgIpc) is 2.12. The van der Waals surface area contributed by atoms with Gasteiger partial charge in [-0.2, -0.15) is 0 Å². The Morgan fingerprint density at radius 2 is 2.08 bits per heavy atom. The summed E-state index contributed by atoms with van der Waals surface area (Å²) >= 11 is 0. The molecule has 0 bridgehead atoms. The molecule has 0 saturated carbocycles. The number of ether oxygens (including phenoxy) is 1. The first-order valence-corrected chi connectivity index (χ1v) is 3.99. The highest BCUT2D eigenvalue weighted by molar-refractivity contribution is 5.80. The van der Waals surface area contributed by atoms with Gasteiger partial charge in [0.05, 0.1) is 13.2 Å². The van der Waals surface area contributed by atoms with Gasteiger partial charge in [0.15, 0.2) is 0 Å². The van der Waals surface area contributed by atoms with E-state index >= 15 is 0 Å². The van der Waals surface area contributed by atoms with Crippen LogP contribution in [0.15, 0.2) is 0 Å². The van der Waals surface area contributed by atoms with Gasteiger partial charge in [-0.1, -0.05) is 0 Å². The molecule has 0 rings (SSSR count). The molecule has 0 aliphatic heterocycles. The summed E-state index contributed by atoms with van der Waals surface area (Å²) in [4.78, 5) is 21.5. The van der Waals surface area contributed by atoms with Crippen molar-refractivity contribution >= 4 is 12.0 Å². The maximum absolute atomic E-state index is 10.8. The third-order valence-corrected chi connectivity index (χ3v) is 1.10. The third kappa shape index (κ3) is 7.07.